The first-order valence-electron chi connectivity index (χ1n) is 5.58. The molecule has 1 atom stereocenters. The van der Waals surface area contributed by atoms with E-state index < -0.39 is 9.84 Å². The van der Waals surface area contributed by atoms with E-state index in [4.69, 9.17) is 10.5 Å². The molecule has 18 heavy (non-hydrogen) atoms. The molecule has 1 aromatic heterocycles. The predicted octanol–water partition coefficient (Wildman–Crippen LogP) is 0.261. The molecular formula is C11H19N3O3S. The highest BCUT2D eigenvalue weighted by molar-refractivity contribution is 7.90. The van der Waals surface area contributed by atoms with Crippen molar-refractivity contribution >= 4 is 15.7 Å². The summed E-state index contributed by atoms with van der Waals surface area (Å²) in [6, 6.07) is 3.05. The number of nitrogens with zero attached hydrogens (tertiary/aromatic N) is 1. The van der Waals surface area contributed by atoms with Crippen LogP contribution < -0.4 is 11.1 Å². The van der Waals surface area contributed by atoms with E-state index in [2.05, 4.69) is 10.3 Å². The summed E-state index contributed by atoms with van der Waals surface area (Å²) in [4.78, 5) is 4.23. The lowest BCUT2D eigenvalue weighted by Gasteiger charge is -2.12. The molecule has 0 bridgehead atoms. The summed E-state index contributed by atoms with van der Waals surface area (Å²) < 4.78 is 28.0. The van der Waals surface area contributed by atoms with Crippen molar-refractivity contribution in [2.75, 3.05) is 31.8 Å². The number of nitrogens with two attached hydrogens (primary N) is 1. The predicted molar refractivity (Wildman–Crippen MR) is 70.3 cm³/mol. The van der Waals surface area contributed by atoms with Crippen molar-refractivity contribution in [3.05, 3.63) is 18.3 Å². The number of pyridine rings is 1. The van der Waals surface area contributed by atoms with Crippen LogP contribution in [0.1, 0.15) is 6.42 Å². The van der Waals surface area contributed by atoms with Gasteiger partial charge in [0, 0.05) is 32.1 Å². The third-order valence-corrected chi connectivity index (χ3v) is 3.49. The van der Waals surface area contributed by atoms with Crippen LogP contribution in [-0.2, 0) is 14.6 Å². The van der Waals surface area contributed by atoms with E-state index in [9.17, 15) is 8.42 Å². The van der Waals surface area contributed by atoms with Crippen LogP contribution in [-0.4, -0.2) is 46.0 Å². The lowest BCUT2D eigenvalue weighted by Crippen LogP contribution is -2.28. The maximum absolute atomic E-state index is 11.5. The largest absolute Gasteiger partial charge is 0.383 e. The van der Waals surface area contributed by atoms with Crippen molar-refractivity contribution in [2.45, 2.75) is 17.4 Å². The molecule has 102 valence electrons. The molecule has 0 aliphatic carbocycles. The van der Waals surface area contributed by atoms with Crippen LogP contribution >= 0.6 is 0 Å². The van der Waals surface area contributed by atoms with Gasteiger partial charge in [-0.3, -0.25) is 0 Å². The Bertz CT molecular complexity index is 476. The topological polar surface area (TPSA) is 94.3 Å². The van der Waals surface area contributed by atoms with Crippen LogP contribution in [0.25, 0.3) is 0 Å². The Morgan fingerprint density at radius 3 is 2.89 bits per heavy atom. The second-order valence-electron chi connectivity index (χ2n) is 4.05. The lowest BCUT2D eigenvalue weighted by atomic mass is 10.2. The maximum Gasteiger partial charge on any atom is 0.179 e. The highest BCUT2D eigenvalue weighted by Crippen LogP contribution is 2.17. The molecular weight excluding hydrogens is 254 g/mol. The summed E-state index contributed by atoms with van der Waals surface area (Å²) in [6.45, 7) is 1.02. The number of methoxy groups -OCH3 is 1. The number of hydrogen-bond donors (Lipinski definition) is 2. The summed E-state index contributed by atoms with van der Waals surface area (Å²) in [5.41, 5.74) is 5.77. The highest BCUT2D eigenvalue weighted by atomic mass is 32.2. The van der Waals surface area contributed by atoms with Crippen molar-refractivity contribution in [2.24, 2.45) is 5.73 Å². The first-order chi connectivity index (χ1) is 8.45. The van der Waals surface area contributed by atoms with E-state index in [-0.39, 0.29) is 10.9 Å². The van der Waals surface area contributed by atoms with Crippen LogP contribution in [0.5, 0.6) is 0 Å². The summed E-state index contributed by atoms with van der Waals surface area (Å²) in [5.74, 6) is 0.365. The van der Waals surface area contributed by atoms with Gasteiger partial charge in [-0.2, -0.15) is 0 Å². The van der Waals surface area contributed by atoms with Gasteiger partial charge in [0.05, 0.1) is 6.61 Å². The average molecular weight is 273 g/mol. The summed E-state index contributed by atoms with van der Waals surface area (Å²) in [6.07, 6.45) is 3.38. The second kappa shape index (κ2) is 6.67. The molecule has 1 aromatic rings. The van der Waals surface area contributed by atoms with E-state index in [0.29, 0.717) is 25.4 Å². The number of aromatic nitrogens is 1. The van der Waals surface area contributed by atoms with Crippen LogP contribution in [0.4, 0.5) is 5.82 Å². The van der Waals surface area contributed by atoms with Gasteiger partial charge in [-0.05, 0) is 18.6 Å². The highest BCUT2D eigenvalue weighted by Gasteiger charge is 2.13. The number of hydrogen-bond acceptors (Lipinski definition) is 6. The Balaban J connectivity index is 2.63. The minimum absolute atomic E-state index is 0.0760. The zero-order chi connectivity index (χ0) is 13.6. The summed E-state index contributed by atoms with van der Waals surface area (Å²) in [5, 5.41) is 2.98. The van der Waals surface area contributed by atoms with Gasteiger partial charge in [0.2, 0.25) is 0 Å². The van der Waals surface area contributed by atoms with Crippen molar-refractivity contribution in [1.29, 1.82) is 0 Å². The zero-order valence-electron chi connectivity index (χ0n) is 10.6. The Labute approximate surface area is 107 Å². The van der Waals surface area contributed by atoms with Crippen LogP contribution in [0, 0.1) is 0 Å². The minimum atomic E-state index is -3.28. The Hall–Kier alpha value is -1.18. The average Bonchev–Trinajstić information content (AvgIpc) is 2.28. The first-order valence-corrected chi connectivity index (χ1v) is 7.47. The molecule has 1 heterocycles. The van der Waals surface area contributed by atoms with E-state index in [1.165, 1.54) is 6.07 Å². The van der Waals surface area contributed by atoms with Crippen molar-refractivity contribution in [3.63, 3.8) is 0 Å². The zero-order valence-corrected chi connectivity index (χ0v) is 11.4. The fourth-order valence-electron chi connectivity index (χ4n) is 1.50. The monoisotopic (exact) mass is 273 g/mol. The maximum atomic E-state index is 11.5. The summed E-state index contributed by atoms with van der Waals surface area (Å²) in [7, 11) is -1.68. The molecule has 0 saturated heterocycles. The third-order valence-electron chi connectivity index (χ3n) is 2.36. The molecule has 0 aliphatic rings. The Morgan fingerprint density at radius 1 is 1.56 bits per heavy atom. The van der Waals surface area contributed by atoms with E-state index in [1.807, 2.05) is 0 Å². The molecule has 0 radical (unpaired) electrons. The number of anilines is 1. The van der Waals surface area contributed by atoms with Gasteiger partial charge in [-0.1, -0.05) is 0 Å². The van der Waals surface area contributed by atoms with Gasteiger partial charge in [0.1, 0.15) is 10.7 Å². The van der Waals surface area contributed by atoms with Crippen LogP contribution in [0.3, 0.4) is 0 Å². The minimum Gasteiger partial charge on any atom is -0.383 e. The van der Waals surface area contributed by atoms with Crippen LogP contribution in [0.2, 0.25) is 0 Å². The van der Waals surface area contributed by atoms with E-state index >= 15 is 0 Å². The molecule has 0 amide bonds. The standard InChI is InChI=1S/C11H19N3O3S/c1-17-8-9(12)5-7-14-11-10(18(2,15)16)4-3-6-13-11/h3-4,6,9H,5,7-8,12H2,1-2H3,(H,13,14). The van der Waals surface area contributed by atoms with Gasteiger partial charge >= 0.3 is 0 Å². The van der Waals surface area contributed by atoms with Gasteiger partial charge < -0.3 is 15.8 Å². The second-order valence-corrected chi connectivity index (χ2v) is 6.04. The Kier molecular flexibility index (Phi) is 5.52. The van der Waals surface area contributed by atoms with Crippen molar-refractivity contribution in [1.82, 2.24) is 4.98 Å². The molecule has 6 nitrogen and oxygen atoms in total. The molecule has 7 heteroatoms. The molecule has 3 N–H and O–H groups in total. The number of ether oxygens (including phenoxy) is 1. The van der Waals surface area contributed by atoms with Gasteiger partial charge in [-0.15, -0.1) is 0 Å². The fraction of sp³-hybridized carbons (Fsp3) is 0.545. The molecule has 0 fully saturated rings. The first kappa shape index (κ1) is 14.9. The number of nitrogens with one attached hydrogen (secondary N) is 1. The summed E-state index contributed by atoms with van der Waals surface area (Å²) >= 11 is 0. The van der Waals surface area contributed by atoms with E-state index in [1.54, 1.807) is 19.4 Å². The fourth-order valence-corrected chi connectivity index (χ4v) is 2.30. The third kappa shape index (κ3) is 4.59. The van der Waals surface area contributed by atoms with Crippen molar-refractivity contribution < 1.29 is 13.2 Å². The molecule has 0 aliphatic heterocycles. The molecule has 0 saturated carbocycles. The van der Waals surface area contributed by atoms with E-state index in [0.717, 1.165) is 6.26 Å². The van der Waals surface area contributed by atoms with Gasteiger partial charge in [0.15, 0.2) is 9.84 Å². The van der Waals surface area contributed by atoms with Gasteiger partial charge in [-0.25, -0.2) is 13.4 Å². The van der Waals surface area contributed by atoms with Gasteiger partial charge in [0.25, 0.3) is 0 Å². The number of rotatable bonds is 7. The smallest absolute Gasteiger partial charge is 0.179 e. The molecule has 1 unspecified atom stereocenters. The quantitative estimate of drug-likeness (QED) is 0.740. The number of sulfone groups is 1. The van der Waals surface area contributed by atoms with Crippen LogP contribution in [0.15, 0.2) is 23.2 Å². The molecule has 0 spiro atoms. The Morgan fingerprint density at radius 2 is 2.28 bits per heavy atom. The normalized spacial score (nSPS) is 13.3. The molecule has 1 rings (SSSR count). The lowest BCUT2D eigenvalue weighted by molar-refractivity contribution is 0.178. The molecule has 0 aromatic carbocycles. The SMILES string of the molecule is COCC(N)CCNc1ncccc1S(C)(=O)=O. The van der Waals surface area contributed by atoms with Crippen molar-refractivity contribution in [3.8, 4) is 0 Å².